The molecule has 0 unspecified atom stereocenters. The minimum absolute atomic E-state index is 0.101. The van der Waals surface area contributed by atoms with Crippen LogP contribution < -0.4 is 15.4 Å². The summed E-state index contributed by atoms with van der Waals surface area (Å²) in [4.78, 5) is 28.1. The van der Waals surface area contributed by atoms with Crippen molar-refractivity contribution in [3.63, 3.8) is 0 Å². The summed E-state index contributed by atoms with van der Waals surface area (Å²) in [6, 6.07) is 17.7. The SMILES string of the molecule is Cc1ccc(OCC(=O)Nc2cccc(NC(=O)c3ccncc3)c2)cc1. The second kappa shape index (κ2) is 8.62. The molecule has 0 saturated heterocycles. The lowest BCUT2D eigenvalue weighted by Gasteiger charge is -2.10. The van der Waals surface area contributed by atoms with Crippen molar-refractivity contribution in [1.29, 1.82) is 0 Å². The average molecular weight is 361 g/mol. The van der Waals surface area contributed by atoms with Gasteiger partial charge in [-0.1, -0.05) is 23.8 Å². The van der Waals surface area contributed by atoms with E-state index in [1.807, 2.05) is 31.2 Å². The number of aromatic nitrogens is 1. The monoisotopic (exact) mass is 361 g/mol. The Balaban J connectivity index is 1.56. The molecular weight excluding hydrogens is 342 g/mol. The largest absolute Gasteiger partial charge is 0.484 e. The van der Waals surface area contributed by atoms with Crippen molar-refractivity contribution in [2.45, 2.75) is 6.92 Å². The third-order valence-electron chi connectivity index (χ3n) is 3.74. The molecule has 0 radical (unpaired) electrons. The standard InChI is InChI=1S/C21H19N3O3/c1-15-5-7-19(8-6-15)27-14-20(25)23-17-3-2-4-18(13-17)24-21(26)16-9-11-22-12-10-16/h2-13H,14H2,1H3,(H,23,25)(H,24,26). The average Bonchev–Trinajstić information content (AvgIpc) is 2.68. The van der Waals surface area contributed by atoms with Crippen LogP contribution in [0.4, 0.5) is 11.4 Å². The smallest absolute Gasteiger partial charge is 0.262 e. The highest BCUT2D eigenvalue weighted by Crippen LogP contribution is 2.16. The number of nitrogens with zero attached hydrogens (tertiary/aromatic N) is 1. The first-order chi connectivity index (χ1) is 13.1. The van der Waals surface area contributed by atoms with Gasteiger partial charge in [0.15, 0.2) is 6.61 Å². The van der Waals surface area contributed by atoms with Crippen molar-refractivity contribution in [2.24, 2.45) is 0 Å². The molecule has 0 aliphatic rings. The summed E-state index contributed by atoms with van der Waals surface area (Å²) in [6.45, 7) is 1.88. The van der Waals surface area contributed by atoms with E-state index in [9.17, 15) is 9.59 Å². The molecule has 0 aliphatic carbocycles. The number of carbonyl (C=O) groups excluding carboxylic acids is 2. The van der Waals surface area contributed by atoms with Crippen LogP contribution in [0.15, 0.2) is 73.1 Å². The maximum Gasteiger partial charge on any atom is 0.262 e. The Kier molecular flexibility index (Phi) is 5.79. The first-order valence-electron chi connectivity index (χ1n) is 8.41. The highest BCUT2D eigenvalue weighted by Gasteiger charge is 2.08. The van der Waals surface area contributed by atoms with E-state index in [-0.39, 0.29) is 18.4 Å². The predicted octanol–water partition coefficient (Wildman–Crippen LogP) is 3.66. The summed E-state index contributed by atoms with van der Waals surface area (Å²) >= 11 is 0. The number of nitrogens with one attached hydrogen (secondary N) is 2. The van der Waals surface area contributed by atoms with Gasteiger partial charge in [0, 0.05) is 29.3 Å². The fraction of sp³-hybridized carbons (Fsp3) is 0.0952. The van der Waals surface area contributed by atoms with Gasteiger partial charge < -0.3 is 15.4 Å². The number of ether oxygens (including phenoxy) is 1. The van der Waals surface area contributed by atoms with Crippen LogP contribution in [0.3, 0.4) is 0 Å². The molecule has 0 fully saturated rings. The van der Waals surface area contributed by atoms with Crippen molar-refractivity contribution in [2.75, 3.05) is 17.2 Å². The van der Waals surface area contributed by atoms with Gasteiger partial charge in [-0.25, -0.2) is 0 Å². The Labute approximate surface area is 157 Å². The van der Waals surface area contributed by atoms with Crippen LogP contribution in [0, 0.1) is 6.92 Å². The lowest BCUT2D eigenvalue weighted by atomic mass is 10.2. The van der Waals surface area contributed by atoms with Crippen molar-refractivity contribution in [3.05, 3.63) is 84.2 Å². The van der Waals surface area contributed by atoms with Crippen LogP contribution in [0.25, 0.3) is 0 Å². The highest BCUT2D eigenvalue weighted by molar-refractivity contribution is 6.04. The first-order valence-corrected chi connectivity index (χ1v) is 8.41. The molecule has 3 rings (SSSR count). The molecule has 3 aromatic rings. The van der Waals surface area contributed by atoms with Crippen LogP contribution >= 0.6 is 0 Å². The van der Waals surface area contributed by atoms with Crippen LogP contribution in [0.1, 0.15) is 15.9 Å². The van der Waals surface area contributed by atoms with E-state index in [1.165, 1.54) is 0 Å². The van der Waals surface area contributed by atoms with Crippen LogP contribution in [0.5, 0.6) is 5.75 Å². The Morgan fingerprint density at radius 3 is 2.30 bits per heavy atom. The van der Waals surface area contributed by atoms with Crippen LogP contribution in [-0.2, 0) is 4.79 Å². The van der Waals surface area contributed by atoms with Gasteiger partial charge >= 0.3 is 0 Å². The molecule has 6 heteroatoms. The van der Waals surface area contributed by atoms with Crippen molar-refractivity contribution in [3.8, 4) is 5.75 Å². The minimum atomic E-state index is -0.284. The van der Waals surface area contributed by atoms with E-state index in [1.54, 1.807) is 48.8 Å². The molecule has 2 N–H and O–H groups in total. The van der Waals surface area contributed by atoms with Crippen molar-refractivity contribution >= 4 is 23.2 Å². The van der Waals surface area contributed by atoms with Gasteiger partial charge in [-0.05, 0) is 49.4 Å². The van der Waals surface area contributed by atoms with E-state index in [0.29, 0.717) is 22.7 Å². The number of hydrogen-bond acceptors (Lipinski definition) is 4. The number of carbonyl (C=O) groups is 2. The van der Waals surface area contributed by atoms with E-state index < -0.39 is 0 Å². The summed E-state index contributed by atoms with van der Waals surface area (Å²) in [5.41, 5.74) is 2.78. The molecule has 136 valence electrons. The number of benzene rings is 2. The number of hydrogen-bond donors (Lipinski definition) is 2. The van der Waals surface area contributed by atoms with E-state index >= 15 is 0 Å². The fourth-order valence-corrected chi connectivity index (χ4v) is 2.36. The summed E-state index contributed by atoms with van der Waals surface area (Å²) < 4.78 is 5.46. The maximum atomic E-state index is 12.2. The second-order valence-electron chi connectivity index (χ2n) is 5.92. The molecular formula is C21H19N3O3. The summed E-state index contributed by atoms with van der Waals surface area (Å²) in [6.07, 6.45) is 3.11. The third kappa shape index (κ3) is 5.40. The predicted molar refractivity (Wildman–Crippen MR) is 104 cm³/mol. The molecule has 1 aromatic heterocycles. The zero-order valence-corrected chi connectivity index (χ0v) is 14.8. The number of rotatable bonds is 6. The summed E-state index contributed by atoms with van der Waals surface area (Å²) in [5, 5.41) is 5.54. The first kappa shape index (κ1) is 18.1. The summed E-state index contributed by atoms with van der Waals surface area (Å²) in [5.74, 6) is 0.103. The molecule has 0 spiro atoms. The molecule has 0 saturated carbocycles. The van der Waals surface area contributed by atoms with Gasteiger partial charge in [0.05, 0.1) is 0 Å². The number of anilines is 2. The molecule has 0 bridgehead atoms. The van der Waals surface area contributed by atoms with Gasteiger partial charge in [-0.2, -0.15) is 0 Å². The number of aryl methyl sites for hydroxylation is 1. The lowest BCUT2D eigenvalue weighted by molar-refractivity contribution is -0.118. The third-order valence-corrected chi connectivity index (χ3v) is 3.74. The maximum absolute atomic E-state index is 12.2. The minimum Gasteiger partial charge on any atom is -0.484 e. The quantitative estimate of drug-likeness (QED) is 0.702. The second-order valence-corrected chi connectivity index (χ2v) is 5.92. The Bertz CT molecular complexity index is 925. The Morgan fingerprint density at radius 2 is 1.59 bits per heavy atom. The normalized spacial score (nSPS) is 10.1. The lowest BCUT2D eigenvalue weighted by Crippen LogP contribution is -2.20. The highest BCUT2D eigenvalue weighted by atomic mass is 16.5. The molecule has 27 heavy (non-hydrogen) atoms. The van der Waals surface area contributed by atoms with Crippen molar-refractivity contribution < 1.29 is 14.3 Å². The van der Waals surface area contributed by atoms with Gasteiger partial charge in [-0.15, -0.1) is 0 Å². The fourth-order valence-electron chi connectivity index (χ4n) is 2.36. The topological polar surface area (TPSA) is 80.3 Å². The zero-order valence-electron chi connectivity index (χ0n) is 14.8. The summed E-state index contributed by atoms with van der Waals surface area (Å²) in [7, 11) is 0. The van der Waals surface area contributed by atoms with Gasteiger partial charge in [0.2, 0.25) is 0 Å². The van der Waals surface area contributed by atoms with Crippen molar-refractivity contribution in [1.82, 2.24) is 4.98 Å². The van der Waals surface area contributed by atoms with Crippen LogP contribution in [-0.4, -0.2) is 23.4 Å². The van der Waals surface area contributed by atoms with Gasteiger partial charge in [0.1, 0.15) is 5.75 Å². The molecule has 2 amide bonds. The molecule has 0 atom stereocenters. The van der Waals surface area contributed by atoms with Gasteiger partial charge in [0.25, 0.3) is 11.8 Å². The number of amides is 2. The zero-order chi connectivity index (χ0) is 19.1. The Hall–Kier alpha value is -3.67. The molecule has 1 heterocycles. The molecule has 6 nitrogen and oxygen atoms in total. The van der Waals surface area contributed by atoms with E-state index in [4.69, 9.17) is 4.74 Å². The van der Waals surface area contributed by atoms with E-state index in [0.717, 1.165) is 5.56 Å². The Morgan fingerprint density at radius 1 is 0.926 bits per heavy atom. The van der Waals surface area contributed by atoms with Crippen LogP contribution in [0.2, 0.25) is 0 Å². The van der Waals surface area contributed by atoms with E-state index in [2.05, 4.69) is 15.6 Å². The molecule has 0 aliphatic heterocycles. The van der Waals surface area contributed by atoms with Gasteiger partial charge in [-0.3, -0.25) is 14.6 Å². The molecule has 2 aromatic carbocycles. The number of pyridine rings is 1.